The fourth-order valence-electron chi connectivity index (χ4n) is 2.67. The second-order valence-corrected chi connectivity index (χ2v) is 7.03. The number of likely N-dealkylation sites (tertiary alicyclic amines) is 1. The number of nitrogens with zero attached hydrogens (tertiary/aromatic N) is 1. The van der Waals surface area contributed by atoms with E-state index in [9.17, 15) is 0 Å². The first kappa shape index (κ1) is 16.0. The molecular weight excluding hydrogens is 218 g/mol. The number of hydrogen-bond donors (Lipinski definition) is 0. The lowest BCUT2D eigenvalue weighted by Gasteiger charge is -2.43. The third kappa shape index (κ3) is 5.30. The van der Waals surface area contributed by atoms with Gasteiger partial charge in [0.25, 0.3) is 0 Å². The molecule has 0 aromatic heterocycles. The van der Waals surface area contributed by atoms with Gasteiger partial charge in [-0.25, -0.2) is 0 Å². The molecule has 0 N–H and O–H groups in total. The maximum absolute atomic E-state index is 2.76. The van der Waals surface area contributed by atoms with E-state index in [0.29, 0.717) is 0 Å². The van der Waals surface area contributed by atoms with Gasteiger partial charge in [-0.1, -0.05) is 47.5 Å². The summed E-state index contributed by atoms with van der Waals surface area (Å²) in [5.74, 6) is 2.76. The molecule has 2 rings (SSSR count). The van der Waals surface area contributed by atoms with E-state index in [2.05, 4.69) is 39.5 Å². The molecule has 1 aliphatic carbocycles. The summed E-state index contributed by atoms with van der Waals surface area (Å²) in [5, 5.41) is 0. The average molecular weight is 253 g/mol. The largest absolute Gasteiger partial charge is 0.300 e. The van der Waals surface area contributed by atoms with Crippen LogP contribution in [0.2, 0.25) is 0 Å². The Hall–Kier alpha value is -0.0400. The molecule has 1 saturated heterocycles. The normalized spacial score (nSPS) is 25.8. The van der Waals surface area contributed by atoms with Gasteiger partial charge in [-0.05, 0) is 50.0 Å². The molecule has 0 amide bonds. The van der Waals surface area contributed by atoms with Crippen LogP contribution in [0, 0.1) is 17.8 Å². The van der Waals surface area contributed by atoms with Gasteiger partial charge in [-0.3, -0.25) is 0 Å². The highest BCUT2D eigenvalue weighted by atomic mass is 15.2. The molecule has 0 unspecified atom stereocenters. The van der Waals surface area contributed by atoms with Crippen molar-refractivity contribution in [1.29, 1.82) is 0 Å². The van der Waals surface area contributed by atoms with Crippen LogP contribution >= 0.6 is 0 Å². The van der Waals surface area contributed by atoms with Crippen molar-refractivity contribution in [2.45, 2.75) is 79.2 Å². The Morgan fingerprint density at radius 2 is 1.61 bits per heavy atom. The lowest BCUT2D eigenvalue weighted by atomic mass is 9.84. The van der Waals surface area contributed by atoms with Gasteiger partial charge in [0.2, 0.25) is 0 Å². The van der Waals surface area contributed by atoms with Crippen molar-refractivity contribution in [3.63, 3.8) is 0 Å². The van der Waals surface area contributed by atoms with Crippen molar-refractivity contribution >= 4 is 0 Å². The first-order valence-electron chi connectivity index (χ1n) is 8.28. The molecule has 1 aliphatic heterocycles. The molecular formula is C17H35N. The zero-order valence-corrected chi connectivity index (χ0v) is 13.4. The third-order valence-electron chi connectivity index (χ3n) is 4.84. The van der Waals surface area contributed by atoms with E-state index in [1.807, 2.05) is 0 Å². The highest BCUT2D eigenvalue weighted by Gasteiger charge is 2.30. The van der Waals surface area contributed by atoms with Crippen LogP contribution in [-0.4, -0.2) is 24.0 Å². The number of piperidine rings is 1. The summed E-state index contributed by atoms with van der Waals surface area (Å²) in [6.45, 7) is 14.2. The maximum atomic E-state index is 2.76. The summed E-state index contributed by atoms with van der Waals surface area (Å²) in [7, 11) is 0. The molecule has 1 heteroatoms. The van der Waals surface area contributed by atoms with Gasteiger partial charge >= 0.3 is 0 Å². The Labute approximate surface area is 115 Å². The summed E-state index contributed by atoms with van der Waals surface area (Å²) < 4.78 is 0. The van der Waals surface area contributed by atoms with E-state index in [1.165, 1.54) is 51.6 Å². The Morgan fingerprint density at radius 3 is 2.00 bits per heavy atom. The molecule has 2 fully saturated rings. The third-order valence-corrected chi connectivity index (χ3v) is 4.84. The smallest absolute Gasteiger partial charge is 0.00953 e. The molecule has 2 aliphatic rings. The highest BCUT2D eigenvalue weighted by Crippen LogP contribution is 2.31. The summed E-state index contributed by atoms with van der Waals surface area (Å²) in [6, 6.07) is 0.974. The van der Waals surface area contributed by atoms with Gasteiger partial charge in [-0.15, -0.1) is 0 Å². The lowest BCUT2D eigenvalue weighted by molar-refractivity contribution is 0.0632. The van der Waals surface area contributed by atoms with Crippen molar-refractivity contribution in [2.24, 2.45) is 17.8 Å². The van der Waals surface area contributed by atoms with E-state index in [0.717, 1.165) is 23.8 Å². The van der Waals surface area contributed by atoms with Crippen molar-refractivity contribution in [2.75, 3.05) is 13.1 Å². The summed E-state index contributed by atoms with van der Waals surface area (Å²) >= 11 is 0. The summed E-state index contributed by atoms with van der Waals surface area (Å²) in [4.78, 5) is 2.76. The average Bonchev–Trinajstić information content (AvgIpc) is 2.28. The van der Waals surface area contributed by atoms with Gasteiger partial charge in [0.05, 0.1) is 0 Å². The van der Waals surface area contributed by atoms with Crippen molar-refractivity contribution in [1.82, 2.24) is 4.90 Å². The maximum Gasteiger partial charge on any atom is 0.00953 e. The van der Waals surface area contributed by atoms with Gasteiger partial charge in [-0.2, -0.15) is 0 Å². The van der Waals surface area contributed by atoms with E-state index >= 15 is 0 Å². The van der Waals surface area contributed by atoms with Crippen LogP contribution in [-0.2, 0) is 0 Å². The van der Waals surface area contributed by atoms with Crippen LogP contribution in [0.15, 0.2) is 0 Å². The molecule has 0 radical (unpaired) electrons. The Balaban J connectivity index is 0.000000280. The molecule has 1 atom stereocenters. The predicted molar refractivity (Wildman–Crippen MR) is 81.9 cm³/mol. The topological polar surface area (TPSA) is 3.24 Å². The second kappa shape index (κ2) is 8.19. The first-order valence-corrected chi connectivity index (χ1v) is 8.28. The number of rotatable bonds is 3. The molecule has 0 bridgehead atoms. The van der Waals surface area contributed by atoms with Crippen LogP contribution in [0.4, 0.5) is 0 Å². The van der Waals surface area contributed by atoms with Crippen LogP contribution in [0.25, 0.3) is 0 Å². The molecule has 0 spiro atoms. The van der Waals surface area contributed by atoms with Crippen LogP contribution in [0.5, 0.6) is 0 Å². The predicted octanol–water partition coefficient (Wildman–Crippen LogP) is 4.96. The zero-order chi connectivity index (χ0) is 13.5. The van der Waals surface area contributed by atoms with Gasteiger partial charge < -0.3 is 4.90 Å². The monoisotopic (exact) mass is 253 g/mol. The number of hydrogen-bond acceptors (Lipinski definition) is 1. The minimum absolute atomic E-state index is 0.884. The van der Waals surface area contributed by atoms with Crippen LogP contribution < -0.4 is 0 Å². The fraction of sp³-hybridized carbons (Fsp3) is 1.00. The zero-order valence-electron chi connectivity index (χ0n) is 13.4. The Morgan fingerprint density at radius 1 is 1.00 bits per heavy atom. The highest BCUT2D eigenvalue weighted by molar-refractivity contribution is 4.84. The van der Waals surface area contributed by atoms with Crippen LogP contribution in [0.3, 0.4) is 0 Å². The molecule has 0 aromatic carbocycles. The summed E-state index contributed by atoms with van der Waals surface area (Å²) in [5.41, 5.74) is 0. The van der Waals surface area contributed by atoms with Crippen molar-refractivity contribution in [3.8, 4) is 0 Å². The summed E-state index contributed by atoms with van der Waals surface area (Å²) in [6.07, 6.45) is 8.66. The van der Waals surface area contributed by atoms with Crippen molar-refractivity contribution in [3.05, 3.63) is 0 Å². The molecule has 0 aromatic rings. The lowest BCUT2D eigenvalue weighted by Crippen LogP contribution is -2.46. The molecule has 1 heterocycles. The SMILES string of the molecule is CC(C)[C@@H]1CCCN(C2CCC2)C1.CCC(C)C. The molecule has 18 heavy (non-hydrogen) atoms. The minimum Gasteiger partial charge on any atom is -0.300 e. The molecule has 108 valence electrons. The van der Waals surface area contributed by atoms with Crippen LogP contribution in [0.1, 0.15) is 73.1 Å². The minimum atomic E-state index is 0.884. The second-order valence-electron chi connectivity index (χ2n) is 7.03. The molecule has 1 saturated carbocycles. The van der Waals surface area contributed by atoms with E-state index in [1.54, 1.807) is 0 Å². The van der Waals surface area contributed by atoms with E-state index < -0.39 is 0 Å². The van der Waals surface area contributed by atoms with Gasteiger partial charge in [0.1, 0.15) is 0 Å². The Kier molecular flexibility index (Phi) is 7.29. The first-order chi connectivity index (χ1) is 8.54. The standard InChI is InChI=1S/C12H23N.C5H12/c1-10(2)11-5-4-8-13(9-11)12-6-3-7-12;1-4-5(2)3/h10-12H,3-9H2,1-2H3;5H,4H2,1-3H3/t11-;/m1./s1. The van der Waals surface area contributed by atoms with Gasteiger partial charge in [0.15, 0.2) is 0 Å². The van der Waals surface area contributed by atoms with Crippen molar-refractivity contribution < 1.29 is 0 Å². The molecule has 1 nitrogen and oxygen atoms in total. The quantitative estimate of drug-likeness (QED) is 0.687. The van der Waals surface area contributed by atoms with Gasteiger partial charge in [0, 0.05) is 12.6 Å². The Bertz CT molecular complexity index is 206. The fourth-order valence-corrected chi connectivity index (χ4v) is 2.67. The van der Waals surface area contributed by atoms with E-state index in [4.69, 9.17) is 0 Å². The van der Waals surface area contributed by atoms with E-state index in [-0.39, 0.29) is 0 Å².